The van der Waals surface area contributed by atoms with Gasteiger partial charge in [0.05, 0.1) is 88.9 Å². The number of ether oxygens (including phenoxy) is 3. The van der Waals surface area contributed by atoms with Gasteiger partial charge < -0.3 is 14.2 Å². The van der Waals surface area contributed by atoms with E-state index in [1.165, 1.54) is 87.8 Å². The van der Waals surface area contributed by atoms with E-state index in [0.29, 0.717) is 13.2 Å². The highest BCUT2D eigenvalue weighted by atomic mass is 31.2. The monoisotopic (exact) mass is 480 g/mol. The summed E-state index contributed by atoms with van der Waals surface area (Å²) in [6.45, 7) is 18.7. The Morgan fingerprint density at radius 3 is 0.774 bits per heavy atom. The van der Waals surface area contributed by atoms with Crippen LogP contribution in [0.15, 0.2) is 0 Å². The van der Waals surface area contributed by atoms with Crippen molar-refractivity contribution in [3.05, 3.63) is 0 Å². The van der Waals surface area contributed by atoms with Crippen LogP contribution in [-0.4, -0.2) is 88.9 Å². The Kier molecular flexibility index (Phi) is 21.8. The summed E-state index contributed by atoms with van der Waals surface area (Å²) >= 11 is 0. The first-order valence-electron chi connectivity index (χ1n) is 13.5. The molecule has 3 nitrogen and oxygen atoms in total. The Labute approximate surface area is 197 Å². The first-order valence-corrected chi connectivity index (χ1v) is 18.6. The van der Waals surface area contributed by atoms with Gasteiger partial charge in [-0.05, 0) is 38.5 Å². The van der Waals surface area contributed by atoms with Gasteiger partial charge in [0.1, 0.15) is 0 Å². The molecule has 0 aromatic carbocycles. The van der Waals surface area contributed by atoms with Crippen LogP contribution in [0.4, 0.5) is 0 Å². The molecule has 0 aromatic heterocycles. The highest BCUT2D eigenvalue weighted by Gasteiger charge is 2.34. The average molecular weight is 481 g/mol. The van der Waals surface area contributed by atoms with Crippen molar-refractivity contribution in [3.63, 3.8) is 0 Å². The summed E-state index contributed by atoms with van der Waals surface area (Å²) in [7, 11) is -1.57. The maximum atomic E-state index is 5.95. The van der Waals surface area contributed by atoms with Gasteiger partial charge in [0, 0.05) is 14.5 Å². The van der Waals surface area contributed by atoms with Crippen LogP contribution in [0.5, 0.6) is 0 Å². The molecule has 0 saturated carbocycles. The molecule has 31 heavy (non-hydrogen) atoms. The SMILES string of the molecule is CCC[P+](CCC)(CCC)CCOCCOCCOCC[P+](CCC)(CCC)CCC. The lowest BCUT2D eigenvalue weighted by molar-refractivity contribution is 0.0202. The molecule has 5 heteroatoms. The molecule has 0 fully saturated rings. The lowest BCUT2D eigenvalue weighted by Crippen LogP contribution is -2.18. The minimum atomic E-state index is -0.783. The van der Waals surface area contributed by atoms with Gasteiger partial charge in [-0.2, -0.15) is 0 Å². The van der Waals surface area contributed by atoms with E-state index in [2.05, 4.69) is 41.5 Å². The second-order valence-corrected chi connectivity index (χ2v) is 18.3. The Hall–Kier alpha value is 0.740. The van der Waals surface area contributed by atoms with Gasteiger partial charge in [-0.3, -0.25) is 0 Å². The average Bonchev–Trinajstić information content (AvgIpc) is 2.73. The van der Waals surface area contributed by atoms with Crippen molar-refractivity contribution in [2.75, 3.05) is 88.9 Å². The van der Waals surface area contributed by atoms with E-state index in [1.807, 2.05) is 0 Å². The normalized spacial score (nSPS) is 12.6. The molecule has 188 valence electrons. The highest BCUT2D eigenvalue weighted by Crippen LogP contribution is 2.60. The van der Waals surface area contributed by atoms with Crippen molar-refractivity contribution in [1.29, 1.82) is 0 Å². The summed E-state index contributed by atoms with van der Waals surface area (Å²) < 4.78 is 17.6. The highest BCUT2D eigenvalue weighted by molar-refractivity contribution is 7.76. The van der Waals surface area contributed by atoms with Gasteiger partial charge in [0.25, 0.3) is 0 Å². The van der Waals surface area contributed by atoms with Crippen molar-refractivity contribution < 1.29 is 14.2 Å². The maximum absolute atomic E-state index is 5.95. The van der Waals surface area contributed by atoms with Crippen LogP contribution in [0.2, 0.25) is 0 Å². The number of hydrogen-bond donors (Lipinski definition) is 0. The van der Waals surface area contributed by atoms with Crippen molar-refractivity contribution in [3.8, 4) is 0 Å². The molecule has 0 aliphatic carbocycles. The topological polar surface area (TPSA) is 27.7 Å². The summed E-state index contributed by atoms with van der Waals surface area (Å²) in [6.07, 6.45) is 19.3. The van der Waals surface area contributed by atoms with Crippen molar-refractivity contribution in [2.24, 2.45) is 0 Å². The number of rotatable bonds is 24. The molecule has 0 aliphatic rings. The van der Waals surface area contributed by atoms with E-state index in [9.17, 15) is 0 Å². The zero-order valence-corrected chi connectivity index (χ0v) is 24.1. The third kappa shape index (κ3) is 15.3. The summed E-state index contributed by atoms with van der Waals surface area (Å²) in [5.74, 6) is 0. The summed E-state index contributed by atoms with van der Waals surface area (Å²) in [5.41, 5.74) is 0. The molecule has 0 bridgehead atoms. The lowest BCUT2D eigenvalue weighted by atomic mass is 10.6. The Balaban J connectivity index is 3.91. The predicted octanol–water partition coefficient (Wildman–Crippen LogP) is 7.53. The molecule has 0 atom stereocenters. The van der Waals surface area contributed by atoms with Gasteiger partial charge in [-0.25, -0.2) is 0 Å². The van der Waals surface area contributed by atoms with Crippen molar-refractivity contribution >= 4 is 14.5 Å². The summed E-state index contributed by atoms with van der Waals surface area (Å²) in [4.78, 5) is 0. The number of hydrogen-bond acceptors (Lipinski definition) is 3. The minimum Gasteiger partial charge on any atom is -0.377 e. The van der Waals surface area contributed by atoms with Crippen LogP contribution < -0.4 is 0 Å². The Bertz CT molecular complexity index is 312. The molecule has 0 spiro atoms. The largest absolute Gasteiger partial charge is 0.377 e. The third-order valence-electron chi connectivity index (χ3n) is 6.35. The molecule has 0 aliphatic heterocycles. The van der Waals surface area contributed by atoms with Gasteiger partial charge in [-0.1, -0.05) is 41.5 Å². The standard InChI is InChI=1S/C26H58O3P2/c1-7-19-30(20-8-2,21-9-3)25-17-28-15-13-27-14-16-29-18-26-31(22-10-4,23-11-5)24-12-6/h7-26H2,1-6H3/q+2. The first kappa shape index (κ1) is 31.7. The summed E-state index contributed by atoms with van der Waals surface area (Å²) in [5, 5.41) is 0. The van der Waals surface area contributed by atoms with Crippen LogP contribution in [0, 0.1) is 0 Å². The van der Waals surface area contributed by atoms with Crippen LogP contribution in [-0.2, 0) is 14.2 Å². The fourth-order valence-electron chi connectivity index (χ4n) is 5.25. The first-order chi connectivity index (χ1) is 15.1. The molecular formula is C26H58O3P2+2. The van der Waals surface area contributed by atoms with Crippen molar-refractivity contribution in [1.82, 2.24) is 0 Å². The second-order valence-electron chi connectivity index (χ2n) is 9.31. The Morgan fingerprint density at radius 1 is 0.323 bits per heavy atom. The molecule has 0 amide bonds. The van der Waals surface area contributed by atoms with E-state index >= 15 is 0 Å². The molecule has 0 unspecified atom stereocenters. The minimum absolute atomic E-state index is 0.697. The molecular weight excluding hydrogens is 422 g/mol. The van der Waals surface area contributed by atoms with Crippen LogP contribution in [0.3, 0.4) is 0 Å². The predicted molar refractivity (Wildman–Crippen MR) is 147 cm³/mol. The quantitative estimate of drug-likeness (QED) is 0.106. The van der Waals surface area contributed by atoms with E-state index in [1.54, 1.807) is 0 Å². The molecule has 0 N–H and O–H groups in total. The molecule has 0 saturated heterocycles. The van der Waals surface area contributed by atoms with E-state index in [4.69, 9.17) is 14.2 Å². The van der Waals surface area contributed by atoms with Gasteiger partial charge in [0.2, 0.25) is 0 Å². The fourth-order valence-corrected chi connectivity index (χ4v) is 14.7. The van der Waals surface area contributed by atoms with E-state index < -0.39 is 14.5 Å². The zero-order chi connectivity index (χ0) is 23.3. The smallest absolute Gasteiger partial charge is 0.0828 e. The van der Waals surface area contributed by atoms with Crippen LogP contribution in [0.25, 0.3) is 0 Å². The maximum Gasteiger partial charge on any atom is 0.0828 e. The fraction of sp³-hybridized carbons (Fsp3) is 1.00. The Morgan fingerprint density at radius 2 is 0.548 bits per heavy atom. The van der Waals surface area contributed by atoms with Gasteiger partial charge >= 0.3 is 0 Å². The van der Waals surface area contributed by atoms with Gasteiger partial charge in [0.15, 0.2) is 0 Å². The van der Waals surface area contributed by atoms with E-state index in [-0.39, 0.29) is 0 Å². The molecule has 0 aromatic rings. The lowest BCUT2D eigenvalue weighted by Gasteiger charge is -2.27. The van der Waals surface area contributed by atoms with Crippen LogP contribution >= 0.6 is 14.5 Å². The van der Waals surface area contributed by atoms with Crippen molar-refractivity contribution in [2.45, 2.75) is 80.1 Å². The van der Waals surface area contributed by atoms with Gasteiger partial charge in [-0.15, -0.1) is 0 Å². The molecule has 0 rings (SSSR count). The van der Waals surface area contributed by atoms with E-state index in [0.717, 1.165) is 26.4 Å². The summed E-state index contributed by atoms with van der Waals surface area (Å²) in [6, 6.07) is 0. The third-order valence-corrected chi connectivity index (χ3v) is 17.0. The second kappa shape index (κ2) is 21.3. The molecule has 0 heterocycles. The zero-order valence-electron chi connectivity index (χ0n) is 22.3. The molecule has 0 radical (unpaired) electrons. The van der Waals surface area contributed by atoms with Crippen LogP contribution in [0.1, 0.15) is 80.1 Å².